The average Bonchev–Trinajstić information content (AvgIpc) is 3.36. The molecular formula is C29H33F3N6O3. The van der Waals surface area contributed by atoms with Gasteiger partial charge in [0, 0.05) is 25.1 Å². The number of amides is 3. The van der Waals surface area contributed by atoms with E-state index in [0.29, 0.717) is 11.6 Å². The van der Waals surface area contributed by atoms with Crippen molar-refractivity contribution in [2.75, 3.05) is 13.1 Å². The number of hydrogen-bond acceptors (Lipinski definition) is 5. The lowest BCUT2D eigenvalue weighted by atomic mass is 10.0. The standard InChI is InChI=1S/C29H33F3N6O3/c1-18(2)24-26-35-25(20-10-5-4-6-11-20)36-38(26)17-16-37(15-9-14-23(39)33-19(3)27(40)34-24)28(41)21-12-7-8-13-22(21)29(30,31)32/h4-8,10-13,18-19,24H,9,14-17H2,1-3H3,(H,33,39)(H,34,40)/t19-,24+/m1/s1. The predicted octanol–water partition coefficient (Wildman–Crippen LogP) is 4.22. The quantitative estimate of drug-likeness (QED) is 0.490. The number of nitrogens with zero attached hydrogens (tertiary/aromatic N) is 4. The van der Waals surface area contributed by atoms with Crippen LogP contribution in [0, 0.1) is 5.92 Å². The fraction of sp³-hybridized carbons (Fsp3) is 0.414. The molecule has 3 amide bonds. The van der Waals surface area contributed by atoms with Gasteiger partial charge in [0.15, 0.2) is 11.6 Å². The van der Waals surface area contributed by atoms with Crippen molar-refractivity contribution in [3.63, 3.8) is 0 Å². The lowest BCUT2D eigenvalue weighted by Gasteiger charge is -2.27. The van der Waals surface area contributed by atoms with Gasteiger partial charge < -0.3 is 15.5 Å². The summed E-state index contributed by atoms with van der Waals surface area (Å²) in [6, 6.07) is 12.5. The van der Waals surface area contributed by atoms with Crippen LogP contribution in [-0.4, -0.2) is 56.5 Å². The number of halogens is 3. The first kappa shape index (κ1) is 29.8. The lowest BCUT2D eigenvalue weighted by Crippen LogP contribution is -2.47. The minimum absolute atomic E-state index is 0.00635. The monoisotopic (exact) mass is 570 g/mol. The number of aromatic nitrogens is 3. The molecule has 2 atom stereocenters. The highest BCUT2D eigenvalue weighted by Crippen LogP contribution is 2.32. The fourth-order valence-corrected chi connectivity index (χ4v) is 4.69. The van der Waals surface area contributed by atoms with Crippen LogP contribution in [0.4, 0.5) is 13.2 Å². The minimum atomic E-state index is -4.71. The Kier molecular flexibility index (Phi) is 9.09. The molecule has 4 rings (SSSR count). The van der Waals surface area contributed by atoms with Crippen molar-refractivity contribution in [2.45, 2.75) is 58.4 Å². The Morgan fingerprint density at radius 1 is 0.976 bits per heavy atom. The topological polar surface area (TPSA) is 109 Å². The number of nitrogens with one attached hydrogen (secondary N) is 2. The maximum atomic E-state index is 13.7. The largest absolute Gasteiger partial charge is 0.417 e. The molecule has 0 saturated carbocycles. The van der Waals surface area contributed by atoms with Crippen molar-refractivity contribution >= 4 is 17.7 Å². The molecule has 0 aliphatic carbocycles. The van der Waals surface area contributed by atoms with Gasteiger partial charge in [0.25, 0.3) is 5.91 Å². The van der Waals surface area contributed by atoms with Crippen molar-refractivity contribution in [2.24, 2.45) is 5.92 Å². The van der Waals surface area contributed by atoms with E-state index in [-0.39, 0.29) is 44.3 Å². The number of hydrogen-bond donors (Lipinski definition) is 2. The summed E-state index contributed by atoms with van der Waals surface area (Å²) in [6.45, 7) is 5.52. The molecule has 0 spiro atoms. The van der Waals surface area contributed by atoms with Crippen LogP contribution in [0.2, 0.25) is 0 Å². The van der Waals surface area contributed by atoms with Crippen LogP contribution in [-0.2, 0) is 22.3 Å². The Bertz CT molecular complexity index is 1390. The highest BCUT2D eigenvalue weighted by Gasteiger charge is 2.36. The van der Waals surface area contributed by atoms with E-state index in [0.717, 1.165) is 17.7 Å². The van der Waals surface area contributed by atoms with Crippen LogP contribution in [0.3, 0.4) is 0 Å². The van der Waals surface area contributed by atoms with Gasteiger partial charge in [-0.25, -0.2) is 9.67 Å². The summed E-state index contributed by atoms with van der Waals surface area (Å²) in [6.07, 6.45) is -4.53. The van der Waals surface area contributed by atoms with Crippen molar-refractivity contribution in [3.8, 4) is 11.4 Å². The maximum absolute atomic E-state index is 13.7. The van der Waals surface area contributed by atoms with E-state index in [1.807, 2.05) is 44.2 Å². The van der Waals surface area contributed by atoms with Crippen LogP contribution >= 0.6 is 0 Å². The number of rotatable bonds is 3. The van der Waals surface area contributed by atoms with Crippen molar-refractivity contribution in [3.05, 3.63) is 71.5 Å². The van der Waals surface area contributed by atoms with Crippen molar-refractivity contribution < 1.29 is 27.6 Å². The maximum Gasteiger partial charge on any atom is 0.417 e. The van der Waals surface area contributed by atoms with E-state index in [2.05, 4.69) is 15.7 Å². The molecular weight excluding hydrogens is 537 g/mol. The molecule has 0 saturated heterocycles. The summed E-state index contributed by atoms with van der Waals surface area (Å²) in [5, 5.41) is 10.3. The van der Waals surface area contributed by atoms with Crippen LogP contribution in [0.25, 0.3) is 11.4 Å². The Hall–Kier alpha value is -4.22. The second-order valence-electron chi connectivity index (χ2n) is 10.3. The normalized spacial score (nSPS) is 19.2. The first-order valence-electron chi connectivity index (χ1n) is 13.5. The van der Waals surface area contributed by atoms with E-state index in [1.54, 1.807) is 11.6 Å². The molecule has 0 bridgehead atoms. The van der Waals surface area contributed by atoms with Gasteiger partial charge in [0.2, 0.25) is 11.8 Å². The summed E-state index contributed by atoms with van der Waals surface area (Å²) in [5.74, 6) is -0.860. The van der Waals surface area contributed by atoms with E-state index < -0.39 is 41.2 Å². The highest BCUT2D eigenvalue weighted by molar-refractivity contribution is 5.96. The molecule has 12 heteroatoms. The zero-order valence-electron chi connectivity index (χ0n) is 23.1. The lowest BCUT2D eigenvalue weighted by molar-refractivity contribution is -0.138. The van der Waals surface area contributed by atoms with Gasteiger partial charge in [-0.2, -0.15) is 18.3 Å². The minimum Gasteiger partial charge on any atom is -0.345 e. The molecule has 2 aromatic carbocycles. The van der Waals surface area contributed by atoms with E-state index in [4.69, 9.17) is 4.98 Å². The Morgan fingerprint density at radius 2 is 1.66 bits per heavy atom. The zero-order chi connectivity index (χ0) is 29.7. The molecule has 41 heavy (non-hydrogen) atoms. The van der Waals surface area contributed by atoms with Gasteiger partial charge in [-0.05, 0) is 31.4 Å². The SMILES string of the molecule is CC(C)[C@@H]1NC(=O)[C@@H](C)NC(=O)CCCN(C(=O)c2ccccc2C(F)(F)F)CCn2nc(-c3ccccc3)nc21. The molecule has 1 aliphatic rings. The van der Waals surface area contributed by atoms with Crippen LogP contribution in [0.15, 0.2) is 54.6 Å². The summed E-state index contributed by atoms with van der Waals surface area (Å²) in [5.41, 5.74) is -0.742. The van der Waals surface area contributed by atoms with Gasteiger partial charge >= 0.3 is 6.18 Å². The number of carbonyl (C=O) groups is 3. The van der Waals surface area contributed by atoms with Crippen molar-refractivity contribution in [1.29, 1.82) is 0 Å². The molecule has 3 aromatic rings. The van der Waals surface area contributed by atoms with Crippen molar-refractivity contribution in [1.82, 2.24) is 30.3 Å². The number of fused-ring (bicyclic) bond motifs is 1. The third-order valence-corrected chi connectivity index (χ3v) is 6.91. The first-order valence-corrected chi connectivity index (χ1v) is 13.5. The Labute approximate surface area is 236 Å². The summed E-state index contributed by atoms with van der Waals surface area (Å²) in [7, 11) is 0. The molecule has 0 fully saturated rings. The Balaban J connectivity index is 1.75. The summed E-state index contributed by atoms with van der Waals surface area (Å²) < 4.78 is 42.8. The van der Waals surface area contributed by atoms with Gasteiger partial charge in [0.1, 0.15) is 6.04 Å². The number of benzene rings is 2. The zero-order valence-corrected chi connectivity index (χ0v) is 23.1. The summed E-state index contributed by atoms with van der Waals surface area (Å²) in [4.78, 5) is 45.1. The Morgan fingerprint density at radius 3 is 2.34 bits per heavy atom. The molecule has 9 nitrogen and oxygen atoms in total. The summed E-state index contributed by atoms with van der Waals surface area (Å²) >= 11 is 0. The molecule has 0 unspecified atom stereocenters. The second-order valence-corrected chi connectivity index (χ2v) is 10.3. The predicted molar refractivity (Wildman–Crippen MR) is 145 cm³/mol. The average molecular weight is 571 g/mol. The molecule has 1 aromatic heterocycles. The molecule has 1 aliphatic heterocycles. The molecule has 2 heterocycles. The fourth-order valence-electron chi connectivity index (χ4n) is 4.69. The highest BCUT2D eigenvalue weighted by atomic mass is 19.4. The third-order valence-electron chi connectivity index (χ3n) is 6.91. The van der Waals surface area contributed by atoms with E-state index in [9.17, 15) is 27.6 Å². The van der Waals surface area contributed by atoms with Crippen LogP contribution in [0.1, 0.15) is 61.4 Å². The van der Waals surface area contributed by atoms with Gasteiger partial charge in [-0.15, -0.1) is 0 Å². The van der Waals surface area contributed by atoms with E-state index >= 15 is 0 Å². The first-order chi connectivity index (χ1) is 19.5. The van der Waals surface area contributed by atoms with E-state index in [1.165, 1.54) is 17.0 Å². The number of carbonyl (C=O) groups excluding carboxylic acids is 3. The van der Waals surface area contributed by atoms with Crippen LogP contribution in [0.5, 0.6) is 0 Å². The van der Waals surface area contributed by atoms with Crippen LogP contribution < -0.4 is 10.6 Å². The van der Waals surface area contributed by atoms with Gasteiger partial charge in [-0.1, -0.05) is 56.3 Å². The van der Waals surface area contributed by atoms with Gasteiger partial charge in [-0.3, -0.25) is 14.4 Å². The van der Waals surface area contributed by atoms with Gasteiger partial charge in [0.05, 0.1) is 23.7 Å². The third kappa shape index (κ3) is 7.11. The smallest absolute Gasteiger partial charge is 0.345 e. The molecule has 0 radical (unpaired) electrons. The number of alkyl halides is 3. The molecule has 218 valence electrons. The second kappa shape index (κ2) is 12.5. The molecule has 2 N–H and O–H groups in total.